The number of imidazole rings is 1. The fraction of sp³-hybridized carbons (Fsp3) is 0.130. The Kier molecular flexibility index (Phi) is 6.08. The van der Waals surface area contributed by atoms with E-state index in [1.807, 2.05) is 6.07 Å². The highest BCUT2D eigenvalue weighted by Crippen LogP contribution is 2.36. The molecule has 1 aromatic carbocycles. The fourth-order valence-electron chi connectivity index (χ4n) is 4.38. The van der Waals surface area contributed by atoms with Crippen LogP contribution >= 0.6 is 22.9 Å². The minimum Gasteiger partial charge on any atom is -0.477 e. The number of rotatable bonds is 6. The number of benzene rings is 1. The van der Waals surface area contributed by atoms with Crippen LogP contribution in [0, 0.1) is 5.95 Å². The Hall–Kier alpha value is -4.00. The molecule has 1 aliphatic rings. The van der Waals surface area contributed by atoms with Crippen LogP contribution in [0.1, 0.15) is 33.7 Å². The molecule has 1 unspecified atom stereocenters. The number of thiophene rings is 1. The number of fused-ring (bicyclic) bond motifs is 1. The third-order valence-corrected chi connectivity index (χ3v) is 7.23. The van der Waals surface area contributed by atoms with Crippen molar-refractivity contribution in [2.45, 2.75) is 18.9 Å². The topological polar surface area (TPSA) is 156 Å². The van der Waals surface area contributed by atoms with Crippen molar-refractivity contribution in [3.63, 3.8) is 0 Å². The third kappa shape index (κ3) is 4.15. The van der Waals surface area contributed by atoms with Crippen LogP contribution in [0.4, 0.5) is 10.1 Å². The number of halogens is 2. The zero-order chi connectivity index (χ0) is 25.6. The molecule has 0 bridgehead atoms. The van der Waals surface area contributed by atoms with Gasteiger partial charge >= 0.3 is 5.97 Å². The molecule has 0 spiro atoms. The number of nitrogens with zero attached hydrogens (tertiary/aromatic N) is 4. The maximum absolute atomic E-state index is 14.7. The van der Waals surface area contributed by atoms with Crippen LogP contribution in [-0.2, 0) is 6.42 Å². The predicted molar refractivity (Wildman–Crippen MR) is 136 cm³/mol. The molecule has 1 aliphatic heterocycles. The number of aryl methyl sites for hydroxylation is 1. The van der Waals surface area contributed by atoms with Gasteiger partial charge in [0.1, 0.15) is 22.7 Å². The van der Waals surface area contributed by atoms with E-state index in [9.17, 15) is 14.0 Å². The molecule has 4 heterocycles. The number of nitrogens with two attached hydrogens (primary N) is 2. The van der Waals surface area contributed by atoms with Crippen LogP contribution in [0.15, 0.2) is 52.4 Å². The summed E-state index contributed by atoms with van der Waals surface area (Å²) in [5.74, 6) is 9.76. The van der Waals surface area contributed by atoms with E-state index >= 15 is 0 Å². The smallest absolute Gasteiger partial charge is 0.345 e. The summed E-state index contributed by atoms with van der Waals surface area (Å²) < 4.78 is 16.3. The monoisotopic (exact) mass is 527 g/mol. The number of hydrogen-bond acceptors (Lipinski definition) is 7. The van der Waals surface area contributed by atoms with E-state index in [4.69, 9.17) is 28.4 Å². The summed E-state index contributed by atoms with van der Waals surface area (Å²) in [6.45, 7) is 0. The molecule has 5 rings (SSSR count). The van der Waals surface area contributed by atoms with E-state index < -0.39 is 18.0 Å². The molecular formula is C23H19ClFN7O3S. The lowest BCUT2D eigenvalue weighted by Gasteiger charge is -2.18. The maximum Gasteiger partial charge on any atom is 0.345 e. The fourth-order valence-corrected chi connectivity index (χ4v) is 5.38. The number of aromatic amines is 1. The van der Waals surface area contributed by atoms with Crippen LogP contribution in [0.2, 0.25) is 5.02 Å². The number of H-pyrrole nitrogens is 1. The summed E-state index contributed by atoms with van der Waals surface area (Å²) in [6.07, 6.45) is 2.32. The van der Waals surface area contributed by atoms with Crippen molar-refractivity contribution in [1.29, 1.82) is 0 Å². The maximum atomic E-state index is 14.7. The number of hydrazine groups is 1. The van der Waals surface area contributed by atoms with Crippen LogP contribution in [0.25, 0.3) is 21.7 Å². The summed E-state index contributed by atoms with van der Waals surface area (Å²) in [6, 6.07) is 10.8. The van der Waals surface area contributed by atoms with E-state index in [1.54, 1.807) is 22.8 Å². The lowest BCUT2D eigenvalue weighted by Crippen LogP contribution is -2.30. The van der Waals surface area contributed by atoms with Crippen molar-refractivity contribution in [3.05, 3.63) is 80.2 Å². The first kappa shape index (κ1) is 23.7. The predicted octanol–water partition coefficient (Wildman–Crippen LogP) is 3.58. The summed E-state index contributed by atoms with van der Waals surface area (Å²) in [5.41, 5.74) is 2.24. The van der Waals surface area contributed by atoms with Crippen LogP contribution in [0.5, 0.6) is 0 Å². The van der Waals surface area contributed by atoms with Gasteiger partial charge in [-0.15, -0.1) is 11.3 Å². The lowest BCUT2D eigenvalue weighted by atomic mass is 10.0. The number of carboxylic acids is 1. The summed E-state index contributed by atoms with van der Waals surface area (Å²) in [5, 5.41) is 14.3. The molecule has 4 aromatic rings. The second kappa shape index (κ2) is 9.22. The number of hydrogen-bond donors (Lipinski definition) is 4. The Labute approximate surface area is 212 Å². The SMILES string of the molecule is N/N=C\N(N)c1ccc(Cl)cc1-c1cc2n(c(=O)c1)C(c1nc(-c3ccc(C(=O)O)s3)c(F)[nH]1)CC2. The highest BCUT2D eigenvalue weighted by Gasteiger charge is 2.30. The second-order valence-electron chi connectivity index (χ2n) is 8.09. The normalized spacial score (nSPS) is 14.9. The van der Waals surface area contributed by atoms with Gasteiger partial charge in [0.05, 0.1) is 16.6 Å². The second-order valence-corrected chi connectivity index (χ2v) is 9.61. The lowest BCUT2D eigenvalue weighted by molar-refractivity contribution is 0.0702. The number of hydrazone groups is 1. The number of anilines is 1. The van der Waals surface area contributed by atoms with Gasteiger partial charge in [0.2, 0.25) is 5.95 Å². The molecule has 3 aromatic heterocycles. The number of aromatic carboxylic acids is 1. The number of carbonyl (C=O) groups is 1. The number of carboxylic acid groups (broad SMARTS) is 1. The quantitative estimate of drug-likeness (QED) is 0.129. The molecule has 0 amide bonds. The van der Waals surface area contributed by atoms with Gasteiger partial charge in [-0.25, -0.2) is 15.6 Å². The van der Waals surface area contributed by atoms with Gasteiger partial charge in [-0.2, -0.15) is 9.49 Å². The van der Waals surface area contributed by atoms with Crippen LogP contribution in [0.3, 0.4) is 0 Å². The Balaban J connectivity index is 1.53. The Morgan fingerprint density at radius 2 is 2.14 bits per heavy atom. The molecule has 0 fully saturated rings. The number of pyridine rings is 1. The average Bonchev–Trinajstić information content (AvgIpc) is 3.57. The Bertz CT molecular complexity index is 1580. The molecule has 1 atom stereocenters. The molecule has 184 valence electrons. The third-order valence-electron chi connectivity index (χ3n) is 5.92. The van der Waals surface area contributed by atoms with E-state index in [0.29, 0.717) is 39.6 Å². The van der Waals surface area contributed by atoms with Crippen LogP contribution in [-0.4, -0.2) is 31.9 Å². The largest absolute Gasteiger partial charge is 0.477 e. The molecule has 6 N–H and O–H groups in total. The molecule has 0 saturated carbocycles. The van der Waals surface area contributed by atoms with Crippen molar-refractivity contribution in [1.82, 2.24) is 14.5 Å². The van der Waals surface area contributed by atoms with Gasteiger partial charge < -0.3 is 20.5 Å². The molecular weight excluding hydrogens is 509 g/mol. The van der Waals surface area contributed by atoms with Gasteiger partial charge in [0.15, 0.2) is 0 Å². The summed E-state index contributed by atoms with van der Waals surface area (Å²) >= 11 is 7.14. The van der Waals surface area contributed by atoms with E-state index in [-0.39, 0.29) is 22.0 Å². The van der Waals surface area contributed by atoms with Crippen molar-refractivity contribution in [2.75, 3.05) is 5.01 Å². The zero-order valence-corrected chi connectivity index (χ0v) is 20.1. The molecule has 0 radical (unpaired) electrons. The highest BCUT2D eigenvalue weighted by molar-refractivity contribution is 7.17. The average molecular weight is 528 g/mol. The van der Waals surface area contributed by atoms with Crippen molar-refractivity contribution >= 4 is 40.9 Å². The standard InChI is InChI=1S/C23H19ClFN7O3S/c24-12-1-3-15(31(27)10-28-26)14(9-12)11-7-13-2-4-16(32(13)19(33)8-11)22-29-20(21(25)30-22)17-5-6-18(36-17)23(34)35/h1,3,5-10,16H,2,4,26-27H2,(H,29,30)(H,34,35)/b28-10-. The number of aromatic nitrogens is 3. The van der Waals surface area contributed by atoms with Gasteiger partial charge in [-0.1, -0.05) is 11.6 Å². The van der Waals surface area contributed by atoms with Crippen molar-refractivity contribution in [2.24, 2.45) is 16.8 Å². The van der Waals surface area contributed by atoms with Gasteiger partial charge in [0, 0.05) is 22.3 Å². The van der Waals surface area contributed by atoms with E-state index in [0.717, 1.165) is 17.0 Å². The minimum absolute atomic E-state index is 0.0220. The highest BCUT2D eigenvalue weighted by atomic mass is 35.5. The molecule has 0 saturated heterocycles. The molecule has 0 aliphatic carbocycles. The van der Waals surface area contributed by atoms with Crippen LogP contribution < -0.4 is 22.3 Å². The van der Waals surface area contributed by atoms with E-state index in [2.05, 4.69) is 15.1 Å². The Morgan fingerprint density at radius 3 is 2.86 bits per heavy atom. The van der Waals surface area contributed by atoms with Gasteiger partial charge in [0.25, 0.3) is 5.56 Å². The van der Waals surface area contributed by atoms with Crippen molar-refractivity contribution in [3.8, 4) is 21.7 Å². The molecule has 36 heavy (non-hydrogen) atoms. The first-order valence-corrected chi connectivity index (χ1v) is 11.9. The van der Waals surface area contributed by atoms with Gasteiger partial charge in [-0.3, -0.25) is 9.80 Å². The van der Waals surface area contributed by atoms with Crippen molar-refractivity contribution < 1.29 is 14.3 Å². The molecule has 10 nitrogen and oxygen atoms in total. The Morgan fingerprint density at radius 1 is 1.33 bits per heavy atom. The number of nitrogens with one attached hydrogen (secondary N) is 1. The first-order chi connectivity index (χ1) is 17.3. The summed E-state index contributed by atoms with van der Waals surface area (Å²) in [7, 11) is 0. The summed E-state index contributed by atoms with van der Waals surface area (Å²) in [4.78, 5) is 31.9. The first-order valence-electron chi connectivity index (χ1n) is 10.7. The minimum atomic E-state index is -1.09. The van der Waals surface area contributed by atoms with Gasteiger partial charge in [-0.05, 0) is 54.8 Å². The zero-order valence-electron chi connectivity index (χ0n) is 18.5. The van der Waals surface area contributed by atoms with E-state index in [1.165, 1.54) is 29.5 Å². The molecule has 13 heteroatoms.